The van der Waals surface area contributed by atoms with E-state index >= 15 is 0 Å². The van der Waals surface area contributed by atoms with Gasteiger partial charge in [-0.05, 0) is 13.8 Å². The number of esters is 1. The molecule has 0 amide bonds. The molecule has 0 aliphatic carbocycles. The summed E-state index contributed by atoms with van der Waals surface area (Å²) in [6.07, 6.45) is -0.000464. The van der Waals surface area contributed by atoms with Gasteiger partial charge in [-0.1, -0.05) is 6.92 Å². The molecule has 0 aliphatic heterocycles. The van der Waals surface area contributed by atoms with Crippen LogP contribution in [0, 0.1) is 5.92 Å². The van der Waals surface area contributed by atoms with Gasteiger partial charge < -0.3 is 9.47 Å². The Kier molecular flexibility index (Phi) is 7.42. The summed E-state index contributed by atoms with van der Waals surface area (Å²) in [5, 5.41) is 0. The molecule has 0 aromatic rings. The first-order valence-electron chi connectivity index (χ1n) is 5.84. The fourth-order valence-corrected chi connectivity index (χ4v) is 2.39. The van der Waals surface area contributed by atoms with Crippen LogP contribution in [-0.2, 0) is 24.3 Å². The highest BCUT2D eigenvalue weighted by Gasteiger charge is 2.23. The van der Waals surface area contributed by atoms with Crippen LogP contribution < -0.4 is 0 Å². The molecule has 0 heterocycles. The molecule has 7 heteroatoms. The van der Waals surface area contributed by atoms with Crippen molar-refractivity contribution in [1.29, 1.82) is 0 Å². The van der Waals surface area contributed by atoms with Crippen molar-refractivity contribution in [2.45, 2.75) is 26.9 Å². The Balaban J connectivity index is 4.30. The van der Waals surface area contributed by atoms with E-state index in [0.717, 1.165) is 4.31 Å². The van der Waals surface area contributed by atoms with Crippen molar-refractivity contribution in [3.05, 3.63) is 0 Å². The maximum absolute atomic E-state index is 11.9. The Hall–Kier alpha value is -0.660. The molecule has 0 aromatic heterocycles. The van der Waals surface area contributed by atoms with E-state index in [1.807, 2.05) is 13.8 Å². The summed E-state index contributed by atoms with van der Waals surface area (Å²) in [4.78, 5) is 11.2. The minimum absolute atomic E-state index is 0.000464. The zero-order valence-electron chi connectivity index (χ0n) is 11.7. The first-order chi connectivity index (χ1) is 8.20. The zero-order valence-corrected chi connectivity index (χ0v) is 12.5. The lowest BCUT2D eigenvalue weighted by Crippen LogP contribution is -2.36. The largest absolute Gasteiger partial charge is 0.469 e. The third-order valence-corrected chi connectivity index (χ3v) is 4.18. The molecule has 0 saturated carbocycles. The maximum atomic E-state index is 11.9. The lowest BCUT2D eigenvalue weighted by molar-refractivity contribution is -0.144. The number of carbonyl (C=O) groups is 1. The van der Waals surface area contributed by atoms with Crippen LogP contribution in [0.5, 0.6) is 0 Å². The number of ether oxygens (including phenoxy) is 2. The highest BCUT2D eigenvalue weighted by atomic mass is 32.2. The van der Waals surface area contributed by atoms with E-state index in [1.165, 1.54) is 14.2 Å². The Morgan fingerprint density at radius 1 is 1.28 bits per heavy atom. The van der Waals surface area contributed by atoms with E-state index in [2.05, 4.69) is 4.74 Å². The van der Waals surface area contributed by atoms with Gasteiger partial charge in [0.05, 0.1) is 31.5 Å². The second kappa shape index (κ2) is 7.70. The first kappa shape index (κ1) is 17.3. The van der Waals surface area contributed by atoms with Crippen molar-refractivity contribution in [3.63, 3.8) is 0 Å². The van der Waals surface area contributed by atoms with Crippen LogP contribution in [0.4, 0.5) is 0 Å². The second-order valence-electron chi connectivity index (χ2n) is 4.44. The van der Waals surface area contributed by atoms with Gasteiger partial charge in [0.2, 0.25) is 10.0 Å². The van der Waals surface area contributed by atoms with Gasteiger partial charge in [-0.25, -0.2) is 12.7 Å². The summed E-state index contributed by atoms with van der Waals surface area (Å²) in [5.41, 5.74) is 0. The fourth-order valence-electron chi connectivity index (χ4n) is 1.32. The van der Waals surface area contributed by atoms with Crippen molar-refractivity contribution in [3.8, 4) is 0 Å². The predicted octanol–water partition coefficient (Wildman–Crippen LogP) is 0.482. The Morgan fingerprint density at radius 2 is 1.83 bits per heavy atom. The number of nitrogens with zero attached hydrogens (tertiary/aromatic N) is 1. The molecular weight excluding hydrogens is 258 g/mol. The normalized spacial score (nSPS) is 13.9. The van der Waals surface area contributed by atoms with Crippen LogP contribution in [-0.4, -0.2) is 57.9 Å². The number of sulfonamides is 1. The summed E-state index contributed by atoms with van der Waals surface area (Å²) in [6, 6.07) is 0. The van der Waals surface area contributed by atoms with Crippen LogP contribution in [0.2, 0.25) is 0 Å². The van der Waals surface area contributed by atoms with E-state index < -0.39 is 21.9 Å². The van der Waals surface area contributed by atoms with Crippen LogP contribution in [0.1, 0.15) is 20.8 Å². The number of carbonyl (C=O) groups excluding carboxylic acids is 1. The molecule has 108 valence electrons. The van der Waals surface area contributed by atoms with Gasteiger partial charge in [-0.3, -0.25) is 4.79 Å². The number of rotatable bonds is 8. The summed E-state index contributed by atoms with van der Waals surface area (Å²) in [5.74, 6) is -0.994. The molecule has 0 aliphatic rings. The number of hydrogen-bond acceptors (Lipinski definition) is 5. The number of methoxy groups -OCH3 is 1. The van der Waals surface area contributed by atoms with Gasteiger partial charge in [0.15, 0.2) is 0 Å². The van der Waals surface area contributed by atoms with E-state index in [1.54, 1.807) is 6.92 Å². The topological polar surface area (TPSA) is 72.9 Å². The summed E-state index contributed by atoms with van der Waals surface area (Å²) in [6.45, 7) is 5.57. The third-order valence-electron chi connectivity index (χ3n) is 2.40. The highest BCUT2D eigenvalue weighted by molar-refractivity contribution is 7.89. The first-order valence-corrected chi connectivity index (χ1v) is 7.45. The smallest absolute Gasteiger partial charge is 0.309 e. The summed E-state index contributed by atoms with van der Waals surface area (Å²) in [7, 11) is -0.662. The molecule has 1 unspecified atom stereocenters. The average Bonchev–Trinajstić information content (AvgIpc) is 2.26. The van der Waals surface area contributed by atoms with Gasteiger partial charge in [-0.15, -0.1) is 0 Å². The molecule has 0 N–H and O–H groups in total. The van der Waals surface area contributed by atoms with Gasteiger partial charge >= 0.3 is 5.97 Å². The summed E-state index contributed by atoms with van der Waals surface area (Å²) < 4.78 is 34.6. The minimum atomic E-state index is -3.39. The van der Waals surface area contributed by atoms with Gasteiger partial charge in [0.1, 0.15) is 0 Å². The maximum Gasteiger partial charge on any atom is 0.309 e. The van der Waals surface area contributed by atoms with Gasteiger partial charge in [-0.2, -0.15) is 0 Å². The third kappa shape index (κ3) is 6.32. The van der Waals surface area contributed by atoms with Crippen LogP contribution in [0.25, 0.3) is 0 Å². The monoisotopic (exact) mass is 281 g/mol. The molecule has 0 saturated heterocycles. The zero-order chi connectivity index (χ0) is 14.3. The minimum Gasteiger partial charge on any atom is -0.469 e. The lowest BCUT2D eigenvalue weighted by atomic mass is 10.2. The quantitative estimate of drug-likeness (QED) is 0.605. The number of hydrogen-bond donors (Lipinski definition) is 0. The summed E-state index contributed by atoms with van der Waals surface area (Å²) >= 11 is 0. The predicted molar refractivity (Wildman–Crippen MR) is 68.7 cm³/mol. The second-order valence-corrected chi connectivity index (χ2v) is 6.64. The van der Waals surface area contributed by atoms with E-state index in [9.17, 15) is 13.2 Å². The molecule has 18 heavy (non-hydrogen) atoms. The lowest BCUT2D eigenvalue weighted by Gasteiger charge is -2.20. The molecular formula is C11H23NO5S. The van der Waals surface area contributed by atoms with E-state index in [-0.39, 0.29) is 25.0 Å². The van der Waals surface area contributed by atoms with Gasteiger partial charge in [0.25, 0.3) is 0 Å². The van der Waals surface area contributed by atoms with Crippen LogP contribution >= 0.6 is 0 Å². The molecule has 0 spiro atoms. The van der Waals surface area contributed by atoms with Crippen molar-refractivity contribution in [1.82, 2.24) is 4.31 Å². The Labute approximate surface area is 109 Å². The fraction of sp³-hybridized carbons (Fsp3) is 0.909. The average molecular weight is 281 g/mol. The molecule has 0 fully saturated rings. The van der Waals surface area contributed by atoms with E-state index in [0.29, 0.717) is 0 Å². The standard InChI is InChI=1S/C11H23NO5S/c1-9(2)17-6-7-18(14,15)12(4)8-10(3)11(13)16-5/h9-10H,6-8H2,1-5H3. The molecule has 0 radical (unpaired) electrons. The van der Waals surface area contributed by atoms with Crippen molar-refractivity contribution < 1.29 is 22.7 Å². The molecule has 6 nitrogen and oxygen atoms in total. The van der Waals surface area contributed by atoms with Crippen LogP contribution in [0.3, 0.4) is 0 Å². The van der Waals surface area contributed by atoms with E-state index in [4.69, 9.17) is 4.74 Å². The Bertz CT molecular complexity index is 352. The molecule has 0 rings (SSSR count). The van der Waals surface area contributed by atoms with Gasteiger partial charge in [0, 0.05) is 13.6 Å². The van der Waals surface area contributed by atoms with Crippen LogP contribution in [0.15, 0.2) is 0 Å². The van der Waals surface area contributed by atoms with Crippen molar-refractivity contribution in [2.75, 3.05) is 33.1 Å². The molecule has 0 bridgehead atoms. The molecule has 1 atom stereocenters. The molecule has 0 aromatic carbocycles. The Morgan fingerprint density at radius 3 is 2.28 bits per heavy atom. The van der Waals surface area contributed by atoms with Crippen molar-refractivity contribution >= 4 is 16.0 Å². The van der Waals surface area contributed by atoms with Crippen molar-refractivity contribution in [2.24, 2.45) is 5.92 Å². The SMILES string of the molecule is COC(=O)C(C)CN(C)S(=O)(=O)CCOC(C)C. The highest BCUT2D eigenvalue weighted by Crippen LogP contribution is 2.06.